The molecule has 0 saturated carbocycles. The summed E-state index contributed by atoms with van der Waals surface area (Å²) in [6.45, 7) is 0. The first kappa shape index (κ1) is 21.6. The van der Waals surface area contributed by atoms with E-state index in [4.69, 9.17) is 12.2 Å². The van der Waals surface area contributed by atoms with Crippen LogP contribution >= 0.6 is 34.1 Å². The van der Waals surface area contributed by atoms with Gasteiger partial charge in [0.15, 0.2) is 4.32 Å². The molecule has 0 fully saturated rings. The molecule has 1 heterocycles. The first-order valence-electron chi connectivity index (χ1n) is 7.95. The monoisotopic (exact) mass is 461 g/mol. The summed E-state index contributed by atoms with van der Waals surface area (Å²) in [5.41, 5.74) is 6.78. The summed E-state index contributed by atoms with van der Waals surface area (Å²) in [4.78, 5) is 4.41. The molecular formula is C20H17ClCuN3S2. The first-order chi connectivity index (χ1) is 13.3. The second-order valence-corrected chi connectivity index (χ2v) is 6.87. The Bertz CT molecular complexity index is 805. The van der Waals surface area contributed by atoms with E-state index in [0.717, 1.165) is 22.7 Å². The van der Waals surface area contributed by atoms with Gasteiger partial charge in [0, 0.05) is 17.5 Å². The fourth-order valence-electron chi connectivity index (χ4n) is 2.23. The number of thiocarbonyl (C=S) groups is 1. The van der Waals surface area contributed by atoms with Crippen LogP contribution in [0.1, 0.15) is 16.8 Å². The molecule has 7 heteroatoms. The van der Waals surface area contributed by atoms with Gasteiger partial charge in [-0.05, 0) is 17.7 Å². The number of hydrogen-bond acceptors (Lipinski definition) is 4. The Kier molecular flexibility index (Phi) is 10.1. The van der Waals surface area contributed by atoms with Crippen molar-refractivity contribution in [1.29, 1.82) is 0 Å². The Hall–Kier alpha value is -1.69. The van der Waals surface area contributed by atoms with Crippen LogP contribution in [0.25, 0.3) is 0 Å². The van der Waals surface area contributed by atoms with Gasteiger partial charge < -0.3 is 0 Å². The maximum atomic E-state index is 5.40. The number of hydrogen-bond donors (Lipinski definition) is 1. The molecule has 0 atom stereocenters. The molecule has 3 nitrogen and oxygen atoms in total. The fraction of sp³-hybridized carbons (Fsp3) is 0.0500. The van der Waals surface area contributed by atoms with Crippen LogP contribution in [0.4, 0.5) is 0 Å². The molecule has 0 saturated heterocycles. The van der Waals surface area contributed by atoms with Gasteiger partial charge in [0.1, 0.15) is 5.71 Å². The third-order valence-corrected chi connectivity index (χ3v) is 4.70. The normalized spacial score (nSPS) is 10.6. The van der Waals surface area contributed by atoms with Crippen LogP contribution in [0.15, 0.2) is 90.2 Å². The summed E-state index contributed by atoms with van der Waals surface area (Å²) in [6.07, 6.45) is 1.76. The summed E-state index contributed by atoms with van der Waals surface area (Å²) in [6, 6.07) is 26.0. The molecule has 3 aromatic rings. The van der Waals surface area contributed by atoms with E-state index < -0.39 is 0 Å². The molecule has 0 unspecified atom stereocenters. The van der Waals surface area contributed by atoms with Crippen LogP contribution in [-0.2, 0) is 20.9 Å². The minimum absolute atomic E-state index is 0.633. The Labute approximate surface area is 181 Å². The number of pyridine rings is 1. The number of nitrogens with one attached hydrogen (secondary N) is 1. The number of hydrazone groups is 1. The van der Waals surface area contributed by atoms with Crippen LogP contribution in [0.2, 0.25) is 0 Å². The van der Waals surface area contributed by atoms with Crippen LogP contribution in [-0.4, -0.2) is 15.0 Å². The Balaban J connectivity index is 0.00000126. The molecule has 0 aliphatic heterocycles. The zero-order chi connectivity index (χ0) is 19.3. The van der Waals surface area contributed by atoms with Crippen molar-refractivity contribution in [3.8, 4) is 0 Å². The zero-order valence-electron chi connectivity index (χ0n) is 14.2. The number of aromatic nitrogens is 1. The number of rotatable bonds is 5. The summed E-state index contributed by atoms with van der Waals surface area (Å²) in [7, 11) is 4.20. The summed E-state index contributed by atoms with van der Waals surface area (Å²) < 4.78 is 0.633. The van der Waals surface area contributed by atoms with Crippen molar-refractivity contribution in [2.24, 2.45) is 5.10 Å². The van der Waals surface area contributed by atoms with Crippen molar-refractivity contribution in [2.45, 2.75) is 5.75 Å². The van der Waals surface area contributed by atoms with E-state index in [2.05, 4.69) is 52.8 Å². The molecule has 0 spiro atoms. The van der Waals surface area contributed by atoms with Crippen molar-refractivity contribution in [2.75, 3.05) is 0 Å². The molecule has 0 aliphatic carbocycles. The van der Waals surface area contributed by atoms with Crippen molar-refractivity contribution in [3.05, 3.63) is 102 Å². The molecule has 1 aromatic heterocycles. The van der Waals surface area contributed by atoms with Gasteiger partial charge in [0.05, 0.1) is 5.69 Å². The van der Waals surface area contributed by atoms with E-state index in [1.54, 1.807) is 18.0 Å². The Morgan fingerprint density at radius 1 is 0.963 bits per heavy atom. The number of nitrogens with zero attached hydrogens (tertiary/aromatic N) is 2. The summed E-state index contributed by atoms with van der Waals surface area (Å²) >= 11 is 10.6. The van der Waals surface area contributed by atoms with Crippen molar-refractivity contribution in [3.63, 3.8) is 0 Å². The van der Waals surface area contributed by atoms with Crippen LogP contribution in [0, 0.1) is 0 Å². The van der Waals surface area contributed by atoms with Crippen LogP contribution in [0.5, 0.6) is 0 Å². The molecule has 0 bridgehead atoms. The molecule has 0 aliphatic rings. The molecular weight excluding hydrogens is 445 g/mol. The van der Waals surface area contributed by atoms with Crippen LogP contribution in [0.3, 0.4) is 0 Å². The van der Waals surface area contributed by atoms with Gasteiger partial charge in [0.25, 0.3) is 0 Å². The van der Waals surface area contributed by atoms with Crippen molar-refractivity contribution in [1.82, 2.24) is 10.4 Å². The molecule has 0 amide bonds. The Morgan fingerprint density at radius 3 is 2.22 bits per heavy atom. The van der Waals surface area contributed by atoms with E-state index in [1.807, 2.05) is 66.7 Å². The maximum absolute atomic E-state index is 5.40. The van der Waals surface area contributed by atoms with Gasteiger partial charge in [-0.1, -0.05) is 90.7 Å². The average molecular weight is 463 g/mol. The van der Waals surface area contributed by atoms with E-state index in [0.29, 0.717) is 4.32 Å². The SMILES string of the molecule is S=C(NN=C(c1ccccc1)c1ccccn1)SCc1ccccc1.[Cl][Cu]. The topological polar surface area (TPSA) is 37.3 Å². The number of thioether (sulfide) groups is 1. The molecule has 1 N–H and O–H groups in total. The second-order valence-electron chi connectivity index (χ2n) is 5.21. The predicted octanol–water partition coefficient (Wildman–Crippen LogP) is 5.33. The fourth-order valence-corrected chi connectivity index (χ4v) is 3.05. The van der Waals surface area contributed by atoms with E-state index in [1.165, 1.54) is 5.56 Å². The van der Waals surface area contributed by atoms with Crippen molar-refractivity contribution < 1.29 is 15.1 Å². The van der Waals surface area contributed by atoms with Gasteiger partial charge in [-0.25, -0.2) is 0 Å². The third-order valence-electron chi connectivity index (χ3n) is 3.43. The standard InChI is InChI=1S/C20H17N3S2.ClH.Cu/c24-20(25-15-16-9-3-1-4-10-16)23-22-19(17-11-5-2-6-12-17)18-13-7-8-14-21-18;;/h1-14H,15H2,(H,23,24);1H;/q;;+1/p-1. The van der Waals surface area contributed by atoms with Gasteiger partial charge in [0.2, 0.25) is 0 Å². The number of halogens is 1. The van der Waals surface area contributed by atoms with E-state index >= 15 is 0 Å². The average Bonchev–Trinajstić information content (AvgIpc) is 2.76. The first-order valence-corrected chi connectivity index (χ1v) is 10.6. The zero-order valence-corrected chi connectivity index (χ0v) is 17.5. The molecule has 2 aromatic carbocycles. The number of benzene rings is 2. The second kappa shape index (κ2) is 12.7. The van der Waals surface area contributed by atoms with Crippen LogP contribution < -0.4 is 5.43 Å². The summed E-state index contributed by atoms with van der Waals surface area (Å²) in [5, 5.41) is 4.52. The molecule has 0 radical (unpaired) electrons. The van der Waals surface area contributed by atoms with Crippen molar-refractivity contribution >= 4 is 44.1 Å². The van der Waals surface area contributed by atoms with E-state index in [-0.39, 0.29) is 0 Å². The molecule has 142 valence electrons. The molecule has 3 rings (SSSR count). The predicted molar refractivity (Wildman–Crippen MR) is 116 cm³/mol. The summed E-state index contributed by atoms with van der Waals surface area (Å²) in [5.74, 6) is 0.812. The molecule has 27 heavy (non-hydrogen) atoms. The van der Waals surface area contributed by atoms with E-state index in [9.17, 15) is 0 Å². The third kappa shape index (κ3) is 7.45. The minimum atomic E-state index is 0.633. The Morgan fingerprint density at radius 2 is 1.59 bits per heavy atom. The van der Waals surface area contributed by atoms with Gasteiger partial charge in [-0.3, -0.25) is 10.4 Å². The van der Waals surface area contributed by atoms with Gasteiger partial charge in [-0.15, -0.1) is 0 Å². The van der Waals surface area contributed by atoms with Gasteiger partial charge in [-0.2, -0.15) is 5.10 Å². The van der Waals surface area contributed by atoms with Gasteiger partial charge >= 0.3 is 25.2 Å². The quantitative estimate of drug-likeness (QED) is 0.241.